The number of allylic oxidation sites excluding steroid dienone is 12. The zero-order valence-electron chi connectivity index (χ0n) is 28.1. The maximum absolute atomic E-state index is 2.85. The standard InChI is InChI=1S/3C6H5.3C5H5.3C3H7.3Ti/c3*1-2-4-6-5-3-1;3*1-2-4-5-3-1;3*1-3-2;;;/h3*1-5H;3*1-5H;3*3H,1-2H3;;;. The molecule has 0 nitrogen and oxygen atoms in total. The van der Waals surface area contributed by atoms with Gasteiger partial charge in [0.1, 0.15) is 0 Å². The molecule has 3 aliphatic carbocycles. The van der Waals surface area contributed by atoms with Crippen molar-refractivity contribution in [3.63, 3.8) is 0 Å². The summed E-state index contributed by atoms with van der Waals surface area (Å²) in [7, 11) is 0. The van der Waals surface area contributed by atoms with Crippen LogP contribution in [0.15, 0.2) is 164 Å². The molecule has 6 rings (SSSR count). The second-order valence-corrected chi connectivity index (χ2v) is 30.1. The van der Waals surface area contributed by atoms with Crippen LogP contribution in [0.25, 0.3) is 0 Å². The summed E-state index contributed by atoms with van der Waals surface area (Å²) < 4.78 is 9.22. The van der Waals surface area contributed by atoms with Crippen LogP contribution in [-0.4, -0.2) is 0 Å². The second-order valence-electron chi connectivity index (χ2n) is 13.3. The first-order chi connectivity index (χ1) is 21.7. The summed E-state index contributed by atoms with van der Waals surface area (Å²) in [6, 6.07) is 33.5. The van der Waals surface area contributed by atoms with E-state index >= 15 is 0 Å². The monoisotopic (exact) mass is 699 g/mol. The molecule has 0 saturated carbocycles. The average Bonchev–Trinajstić information content (AvgIpc) is 3.86. The molecule has 3 heteroatoms. The fraction of sp³-hybridized carbons (Fsp3) is 0.286. The van der Waals surface area contributed by atoms with Gasteiger partial charge in [0.25, 0.3) is 0 Å². The molecule has 0 aliphatic heterocycles. The van der Waals surface area contributed by atoms with E-state index in [9.17, 15) is 0 Å². The Morgan fingerprint density at radius 3 is 0.978 bits per heavy atom. The van der Waals surface area contributed by atoms with Crippen LogP contribution in [0.4, 0.5) is 0 Å². The zero-order chi connectivity index (χ0) is 32.3. The van der Waals surface area contributed by atoms with Gasteiger partial charge in [-0.25, -0.2) is 0 Å². The second kappa shape index (κ2) is 17.4. The Hall–Kier alpha value is -1.76. The molecule has 0 radical (unpaired) electrons. The molecule has 3 aromatic rings. The van der Waals surface area contributed by atoms with Crippen LogP contribution < -0.4 is 11.6 Å². The van der Waals surface area contributed by atoms with Gasteiger partial charge in [-0.05, 0) is 0 Å². The van der Waals surface area contributed by atoms with E-state index in [1.165, 1.54) is 11.6 Å². The van der Waals surface area contributed by atoms with Crippen molar-refractivity contribution < 1.29 is 53.6 Å². The summed E-state index contributed by atoms with van der Waals surface area (Å²) >= 11 is -2.53. The van der Waals surface area contributed by atoms with Gasteiger partial charge >= 0.3 is 296 Å². The minimum atomic E-state index is -2.85. The summed E-state index contributed by atoms with van der Waals surface area (Å²) in [5, 5.41) is 0. The average molecular weight is 699 g/mol. The molecule has 45 heavy (non-hydrogen) atoms. The van der Waals surface area contributed by atoms with Crippen molar-refractivity contribution in [1.82, 2.24) is 0 Å². The molecule has 0 spiro atoms. The van der Waals surface area contributed by atoms with Gasteiger partial charge in [0.15, 0.2) is 0 Å². The molecular weight excluding hydrogens is 648 g/mol. The van der Waals surface area contributed by atoms with E-state index in [2.05, 4.69) is 226 Å². The van der Waals surface area contributed by atoms with E-state index in [1.807, 2.05) is 0 Å². The van der Waals surface area contributed by atoms with Crippen molar-refractivity contribution in [2.24, 2.45) is 0 Å². The van der Waals surface area contributed by atoms with Crippen molar-refractivity contribution in [3.05, 3.63) is 164 Å². The Morgan fingerprint density at radius 1 is 0.422 bits per heavy atom. The molecule has 3 aliphatic rings. The van der Waals surface area contributed by atoms with Crippen molar-refractivity contribution >= 4 is 11.6 Å². The molecule has 0 atom stereocenters. The number of hydrogen-bond acceptors (Lipinski definition) is 0. The molecular formula is C42H51Ti3. The summed E-state index contributed by atoms with van der Waals surface area (Å²) in [5.74, 6) is 0. The van der Waals surface area contributed by atoms with Crippen LogP contribution >= 0.6 is 0 Å². The fourth-order valence-electron chi connectivity index (χ4n) is 8.25. The SMILES string of the molecule is C1=C[CH]([Ti]([c]2ccccc2)([c]2ccccc2)[c]2ccccc2)C=C1.C[CH](C)[Ti]([CH](C)C)([CH](C)C)[CH]1C=CC=C1.[Ti][CH]1C=CC=C1. The minimum absolute atomic E-state index is 0.484. The maximum atomic E-state index is 2.46. The van der Waals surface area contributed by atoms with Crippen LogP contribution in [0.3, 0.4) is 0 Å². The van der Waals surface area contributed by atoms with Crippen LogP contribution in [0.1, 0.15) is 41.5 Å². The van der Waals surface area contributed by atoms with Gasteiger partial charge < -0.3 is 0 Å². The van der Waals surface area contributed by atoms with E-state index in [1.54, 1.807) is 0 Å². The molecule has 3 aromatic carbocycles. The van der Waals surface area contributed by atoms with Gasteiger partial charge in [-0.15, -0.1) is 0 Å². The van der Waals surface area contributed by atoms with Gasteiger partial charge in [0, 0.05) is 0 Å². The van der Waals surface area contributed by atoms with E-state index < -0.39 is 33.2 Å². The number of rotatable bonds is 8. The molecule has 0 amide bonds. The third kappa shape index (κ3) is 8.22. The molecule has 0 bridgehead atoms. The van der Waals surface area contributed by atoms with E-state index in [4.69, 9.17) is 0 Å². The summed E-state index contributed by atoms with van der Waals surface area (Å²) in [6.07, 6.45) is 27.1. The normalized spacial score (nSPS) is 16.1. The van der Waals surface area contributed by atoms with Gasteiger partial charge in [0.2, 0.25) is 0 Å². The first-order valence-electron chi connectivity index (χ1n) is 16.7. The molecule has 0 saturated heterocycles. The molecule has 0 unspecified atom stereocenters. The van der Waals surface area contributed by atoms with Crippen LogP contribution in [0, 0.1) is 0 Å². The topological polar surface area (TPSA) is 0 Å². The quantitative estimate of drug-likeness (QED) is 0.205. The Balaban J connectivity index is 0.000000186. The van der Waals surface area contributed by atoms with Crippen molar-refractivity contribution in [1.29, 1.82) is 0 Å². The van der Waals surface area contributed by atoms with Crippen LogP contribution in [0.5, 0.6) is 0 Å². The molecule has 0 aromatic heterocycles. The molecule has 0 heterocycles. The van der Waals surface area contributed by atoms with Gasteiger partial charge in [-0.3, -0.25) is 0 Å². The van der Waals surface area contributed by atoms with E-state index in [0.29, 0.717) is 8.45 Å². The summed E-state index contributed by atoms with van der Waals surface area (Å²) in [6.45, 7) is 14.8. The van der Waals surface area contributed by atoms with Crippen LogP contribution in [0.2, 0.25) is 25.3 Å². The Morgan fingerprint density at radius 2 is 0.711 bits per heavy atom. The molecule has 231 valence electrons. The van der Waals surface area contributed by atoms with E-state index in [0.717, 1.165) is 16.9 Å². The molecule has 0 fully saturated rings. The third-order valence-electron chi connectivity index (χ3n) is 10.0. The Kier molecular flexibility index (Phi) is 14.0. The van der Waals surface area contributed by atoms with Crippen molar-refractivity contribution in [2.75, 3.05) is 0 Å². The predicted octanol–water partition coefficient (Wildman–Crippen LogP) is 11.0. The van der Waals surface area contributed by atoms with Gasteiger partial charge in [-0.1, -0.05) is 0 Å². The Bertz CT molecular complexity index is 1340. The third-order valence-corrected chi connectivity index (χ3v) is 30.4. The fourth-order valence-corrected chi connectivity index (χ4v) is 27.8. The number of benzene rings is 3. The molecule has 0 N–H and O–H groups in total. The summed E-state index contributed by atoms with van der Waals surface area (Å²) in [5.41, 5.74) is 0. The van der Waals surface area contributed by atoms with Crippen molar-refractivity contribution in [2.45, 2.75) is 66.9 Å². The zero-order valence-corrected chi connectivity index (χ0v) is 32.7. The van der Waals surface area contributed by atoms with Gasteiger partial charge in [-0.2, -0.15) is 0 Å². The predicted molar refractivity (Wildman–Crippen MR) is 190 cm³/mol. The first-order valence-corrected chi connectivity index (χ1v) is 24.4. The van der Waals surface area contributed by atoms with Crippen molar-refractivity contribution in [3.8, 4) is 0 Å². The van der Waals surface area contributed by atoms with Gasteiger partial charge in [0.05, 0.1) is 0 Å². The Labute approximate surface area is 293 Å². The van der Waals surface area contributed by atoms with Crippen LogP contribution in [-0.2, 0) is 53.6 Å². The van der Waals surface area contributed by atoms with E-state index in [-0.39, 0.29) is 0 Å². The first kappa shape index (κ1) is 36.1. The number of hydrogen-bond donors (Lipinski definition) is 0. The summed E-state index contributed by atoms with van der Waals surface area (Å²) in [4.78, 5) is 0.